The van der Waals surface area contributed by atoms with E-state index in [1.165, 1.54) is 6.08 Å². The van der Waals surface area contributed by atoms with Gasteiger partial charge in [-0.3, -0.25) is 9.69 Å². The lowest BCUT2D eigenvalue weighted by molar-refractivity contribution is -0.131. The lowest BCUT2D eigenvalue weighted by atomic mass is 10.1. The molecule has 15 heavy (non-hydrogen) atoms. The number of aliphatic carboxylic acids is 1. The van der Waals surface area contributed by atoms with Crippen LogP contribution in [0.25, 0.3) is 0 Å². The number of carbonyl (C=O) groups excluding carboxylic acids is 1. The Bertz CT molecular complexity index is 299. The molecule has 1 saturated heterocycles. The first-order valence-electron chi connectivity index (χ1n) is 4.92. The molecule has 0 bridgehead atoms. The fraction of sp³-hybridized carbons (Fsp3) is 0.600. The molecule has 5 nitrogen and oxygen atoms in total. The molecular formula is C10H16N2O3. The van der Waals surface area contributed by atoms with Crippen LogP contribution in [-0.4, -0.2) is 47.6 Å². The van der Waals surface area contributed by atoms with Gasteiger partial charge in [-0.25, -0.2) is 4.79 Å². The maximum atomic E-state index is 11.3. The number of carboxylic acid groups (broad SMARTS) is 1. The minimum absolute atomic E-state index is 0.00405. The average molecular weight is 212 g/mol. The highest BCUT2D eigenvalue weighted by atomic mass is 16.4. The third kappa shape index (κ3) is 3.36. The van der Waals surface area contributed by atoms with Crippen molar-refractivity contribution in [3.63, 3.8) is 0 Å². The summed E-state index contributed by atoms with van der Waals surface area (Å²) in [5.74, 6) is -0.939. The van der Waals surface area contributed by atoms with Crippen LogP contribution in [0.15, 0.2) is 11.6 Å². The van der Waals surface area contributed by atoms with E-state index < -0.39 is 5.97 Å². The van der Waals surface area contributed by atoms with Gasteiger partial charge in [-0.1, -0.05) is 5.57 Å². The first-order chi connectivity index (χ1) is 7.00. The second-order valence-electron chi connectivity index (χ2n) is 3.77. The Labute approximate surface area is 88.8 Å². The van der Waals surface area contributed by atoms with Gasteiger partial charge in [0.15, 0.2) is 0 Å². The van der Waals surface area contributed by atoms with Gasteiger partial charge < -0.3 is 10.4 Å². The van der Waals surface area contributed by atoms with Crippen molar-refractivity contribution in [2.45, 2.75) is 19.9 Å². The second-order valence-corrected chi connectivity index (χ2v) is 3.77. The quantitative estimate of drug-likeness (QED) is 0.638. The third-order valence-electron chi connectivity index (χ3n) is 2.45. The summed E-state index contributed by atoms with van der Waals surface area (Å²) in [6, 6.07) is -0.184. The number of carbonyl (C=O) groups is 2. The van der Waals surface area contributed by atoms with Gasteiger partial charge in [-0.2, -0.15) is 0 Å². The van der Waals surface area contributed by atoms with E-state index in [4.69, 9.17) is 5.11 Å². The first kappa shape index (κ1) is 11.7. The molecule has 0 aromatic rings. The van der Waals surface area contributed by atoms with Crippen LogP contribution in [0.5, 0.6) is 0 Å². The lowest BCUT2D eigenvalue weighted by Crippen LogP contribution is -2.54. The highest BCUT2D eigenvalue weighted by molar-refractivity contribution is 5.82. The zero-order valence-electron chi connectivity index (χ0n) is 8.99. The van der Waals surface area contributed by atoms with Crippen molar-refractivity contribution in [2.24, 2.45) is 0 Å². The van der Waals surface area contributed by atoms with Crippen LogP contribution >= 0.6 is 0 Å². The van der Waals surface area contributed by atoms with Crippen molar-refractivity contribution in [1.82, 2.24) is 10.2 Å². The minimum atomic E-state index is -0.943. The van der Waals surface area contributed by atoms with E-state index in [0.29, 0.717) is 13.1 Å². The van der Waals surface area contributed by atoms with Crippen LogP contribution in [0.3, 0.4) is 0 Å². The van der Waals surface area contributed by atoms with Crippen molar-refractivity contribution < 1.29 is 14.7 Å². The summed E-state index contributed by atoms with van der Waals surface area (Å²) in [4.78, 5) is 23.7. The van der Waals surface area contributed by atoms with Crippen molar-refractivity contribution in [3.05, 3.63) is 11.6 Å². The third-order valence-corrected chi connectivity index (χ3v) is 2.45. The summed E-state index contributed by atoms with van der Waals surface area (Å²) in [6.07, 6.45) is 1.18. The van der Waals surface area contributed by atoms with E-state index in [1.54, 1.807) is 6.92 Å². The SMILES string of the molecule is CC(=CC(=O)O)CN1CCNC(=O)C1C. The zero-order valence-corrected chi connectivity index (χ0v) is 8.99. The fourth-order valence-electron chi connectivity index (χ4n) is 1.62. The van der Waals surface area contributed by atoms with E-state index in [1.807, 2.05) is 11.8 Å². The van der Waals surface area contributed by atoms with Crippen LogP contribution in [0.1, 0.15) is 13.8 Å². The van der Waals surface area contributed by atoms with E-state index in [9.17, 15) is 9.59 Å². The summed E-state index contributed by atoms with van der Waals surface area (Å²) in [6.45, 7) is 5.50. The van der Waals surface area contributed by atoms with Crippen LogP contribution in [0, 0.1) is 0 Å². The maximum Gasteiger partial charge on any atom is 0.328 e. The Balaban J connectivity index is 2.57. The van der Waals surface area contributed by atoms with Gasteiger partial charge in [-0.15, -0.1) is 0 Å². The zero-order chi connectivity index (χ0) is 11.4. The van der Waals surface area contributed by atoms with Crippen LogP contribution in [0.4, 0.5) is 0 Å². The van der Waals surface area contributed by atoms with Crippen molar-refractivity contribution in [3.8, 4) is 0 Å². The molecule has 1 fully saturated rings. The molecule has 1 unspecified atom stereocenters. The summed E-state index contributed by atoms with van der Waals surface area (Å²) >= 11 is 0. The lowest BCUT2D eigenvalue weighted by Gasteiger charge is -2.32. The van der Waals surface area contributed by atoms with E-state index in [2.05, 4.69) is 5.32 Å². The molecule has 0 saturated carbocycles. The molecule has 1 aliphatic rings. The van der Waals surface area contributed by atoms with Gasteiger partial charge in [0.25, 0.3) is 0 Å². The predicted molar refractivity (Wildman–Crippen MR) is 55.4 cm³/mol. The Morgan fingerprint density at radius 2 is 2.40 bits per heavy atom. The molecule has 84 valence electrons. The Kier molecular flexibility index (Phi) is 3.85. The number of carboxylic acids is 1. The summed E-state index contributed by atoms with van der Waals surface area (Å²) < 4.78 is 0. The number of nitrogens with one attached hydrogen (secondary N) is 1. The smallest absolute Gasteiger partial charge is 0.328 e. The molecule has 2 N–H and O–H groups in total. The minimum Gasteiger partial charge on any atom is -0.478 e. The molecule has 0 aromatic heterocycles. The Hall–Kier alpha value is -1.36. The fourth-order valence-corrected chi connectivity index (χ4v) is 1.62. The van der Waals surface area contributed by atoms with Crippen LogP contribution < -0.4 is 5.32 Å². The summed E-state index contributed by atoms with van der Waals surface area (Å²) in [5.41, 5.74) is 0.754. The van der Waals surface area contributed by atoms with E-state index in [-0.39, 0.29) is 11.9 Å². The molecule has 0 spiro atoms. The van der Waals surface area contributed by atoms with Crippen molar-refractivity contribution in [2.75, 3.05) is 19.6 Å². The molecule has 1 heterocycles. The molecule has 0 aliphatic carbocycles. The van der Waals surface area contributed by atoms with E-state index in [0.717, 1.165) is 12.1 Å². The molecular weight excluding hydrogens is 196 g/mol. The normalized spacial score (nSPS) is 23.7. The van der Waals surface area contributed by atoms with Gasteiger partial charge in [0.1, 0.15) is 0 Å². The van der Waals surface area contributed by atoms with Crippen molar-refractivity contribution in [1.29, 1.82) is 0 Å². The number of rotatable bonds is 3. The number of amides is 1. The van der Waals surface area contributed by atoms with Crippen LogP contribution in [0.2, 0.25) is 0 Å². The standard InChI is InChI=1S/C10H16N2O3/c1-7(5-9(13)14)6-12-4-3-11-10(15)8(12)2/h5,8H,3-4,6H2,1-2H3,(H,11,15)(H,13,14). The highest BCUT2D eigenvalue weighted by Crippen LogP contribution is 2.07. The number of nitrogens with zero attached hydrogens (tertiary/aromatic N) is 1. The molecule has 1 amide bonds. The van der Waals surface area contributed by atoms with Gasteiger partial charge >= 0.3 is 5.97 Å². The number of hydrogen-bond acceptors (Lipinski definition) is 3. The molecule has 5 heteroatoms. The predicted octanol–water partition coefficient (Wildman–Crippen LogP) is -0.162. The molecule has 0 aromatic carbocycles. The van der Waals surface area contributed by atoms with E-state index >= 15 is 0 Å². The van der Waals surface area contributed by atoms with Gasteiger partial charge in [0.05, 0.1) is 6.04 Å². The second kappa shape index (κ2) is 4.93. The maximum absolute atomic E-state index is 11.3. The molecule has 1 rings (SSSR count). The Morgan fingerprint density at radius 1 is 1.73 bits per heavy atom. The Morgan fingerprint density at radius 3 is 3.00 bits per heavy atom. The highest BCUT2D eigenvalue weighted by Gasteiger charge is 2.24. The van der Waals surface area contributed by atoms with Crippen LogP contribution in [-0.2, 0) is 9.59 Å². The molecule has 1 aliphatic heterocycles. The van der Waals surface area contributed by atoms with Gasteiger partial charge in [0.2, 0.25) is 5.91 Å². The largest absolute Gasteiger partial charge is 0.478 e. The topological polar surface area (TPSA) is 69.6 Å². The van der Waals surface area contributed by atoms with Gasteiger partial charge in [0, 0.05) is 25.7 Å². The molecule has 0 radical (unpaired) electrons. The van der Waals surface area contributed by atoms with Gasteiger partial charge in [-0.05, 0) is 13.8 Å². The van der Waals surface area contributed by atoms with Crippen molar-refractivity contribution >= 4 is 11.9 Å². The summed E-state index contributed by atoms with van der Waals surface area (Å²) in [5, 5.41) is 11.3. The number of hydrogen-bond donors (Lipinski definition) is 2. The molecule has 1 atom stereocenters. The average Bonchev–Trinajstić information content (AvgIpc) is 2.11. The number of piperazine rings is 1. The first-order valence-corrected chi connectivity index (χ1v) is 4.92. The monoisotopic (exact) mass is 212 g/mol. The summed E-state index contributed by atoms with van der Waals surface area (Å²) in [7, 11) is 0.